The second-order valence-electron chi connectivity index (χ2n) is 5.19. The predicted molar refractivity (Wildman–Crippen MR) is 78.6 cm³/mol. The van der Waals surface area contributed by atoms with Gasteiger partial charge >= 0.3 is 0 Å². The lowest BCUT2D eigenvalue weighted by atomic mass is 9.95. The zero-order chi connectivity index (χ0) is 14.5. The summed E-state index contributed by atoms with van der Waals surface area (Å²) in [5, 5.41) is 5.55. The first-order chi connectivity index (χ1) is 9.61. The van der Waals surface area contributed by atoms with Crippen LogP contribution in [0.1, 0.15) is 52.8 Å². The molecule has 1 fully saturated rings. The maximum Gasteiger partial charge on any atom is 0.253 e. The summed E-state index contributed by atoms with van der Waals surface area (Å²) in [5.74, 6) is -0.367. The molecule has 0 atom stereocenters. The molecule has 2 amide bonds. The molecule has 1 aromatic carbocycles. The molecule has 2 rings (SSSR count). The van der Waals surface area contributed by atoms with E-state index in [4.69, 9.17) is 5.73 Å². The zero-order valence-corrected chi connectivity index (χ0v) is 11.7. The first kappa shape index (κ1) is 14.4. The van der Waals surface area contributed by atoms with Crippen LogP contribution < -0.4 is 16.4 Å². The van der Waals surface area contributed by atoms with Crippen molar-refractivity contribution in [3.63, 3.8) is 0 Å². The Labute approximate surface area is 118 Å². The number of nitrogens with one attached hydrogen (secondary N) is 2. The number of benzene rings is 1. The first-order valence-corrected chi connectivity index (χ1v) is 7.04. The van der Waals surface area contributed by atoms with Crippen molar-refractivity contribution in [2.24, 2.45) is 0 Å². The fraction of sp³-hybridized carbons (Fsp3) is 0.467. The summed E-state index contributed by atoms with van der Waals surface area (Å²) in [5.41, 5.74) is 7.10. The van der Waals surface area contributed by atoms with Gasteiger partial charge in [-0.15, -0.1) is 0 Å². The molecule has 1 aromatic rings. The topological polar surface area (TPSA) is 84.2 Å². The van der Waals surface area contributed by atoms with Crippen LogP contribution >= 0.6 is 0 Å². The predicted octanol–water partition coefficient (Wildman–Crippen LogP) is 1.69. The summed E-state index contributed by atoms with van der Waals surface area (Å²) < 4.78 is 0. The van der Waals surface area contributed by atoms with E-state index in [-0.39, 0.29) is 17.9 Å². The van der Waals surface area contributed by atoms with Gasteiger partial charge in [-0.3, -0.25) is 9.59 Å². The van der Waals surface area contributed by atoms with Crippen LogP contribution in [-0.2, 0) is 0 Å². The van der Waals surface area contributed by atoms with E-state index >= 15 is 0 Å². The van der Waals surface area contributed by atoms with Gasteiger partial charge in [0.05, 0.1) is 5.56 Å². The normalized spacial score (nSPS) is 15.7. The standard InChI is InChI=1S/C15H21N3O2/c1-17-14(19)10-7-8-12(13(16)9-10)15(20)18-11-5-3-2-4-6-11/h7-9,11H,2-6,16H2,1H3,(H,17,19)(H,18,20). The molecule has 0 heterocycles. The van der Waals surface area contributed by atoms with Crippen molar-refractivity contribution in [3.8, 4) is 0 Å². The highest BCUT2D eigenvalue weighted by molar-refractivity contribution is 6.02. The number of nitrogen functional groups attached to an aromatic ring is 1. The fourth-order valence-electron chi connectivity index (χ4n) is 2.57. The minimum atomic E-state index is -0.212. The molecular weight excluding hydrogens is 254 g/mol. The molecule has 0 aliphatic heterocycles. The minimum absolute atomic E-state index is 0.155. The average Bonchev–Trinajstić information content (AvgIpc) is 2.47. The number of carbonyl (C=O) groups is 2. The van der Waals surface area contributed by atoms with E-state index in [9.17, 15) is 9.59 Å². The number of rotatable bonds is 3. The Morgan fingerprint density at radius 3 is 2.45 bits per heavy atom. The van der Waals surface area contributed by atoms with Gasteiger partial charge in [-0.25, -0.2) is 0 Å². The summed E-state index contributed by atoms with van der Waals surface area (Å²) in [6.07, 6.45) is 5.63. The van der Waals surface area contributed by atoms with Gasteiger partial charge in [0.15, 0.2) is 0 Å². The quantitative estimate of drug-likeness (QED) is 0.734. The summed E-state index contributed by atoms with van der Waals surface area (Å²) >= 11 is 0. The zero-order valence-electron chi connectivity index (χ0n) is 11.7. The highest BCUT2D eigenvalue weighted by Crippen LogP contribution is 2.19. The Morgan fingerprint density at radius 2 is 1.85 bits per heavy atom. The van der Waals surface area contributed by atoms with Crippen LogP contribution in [0.3, 0.4) is 0 Å². The van der Waals surface area contributed by atoms with E-state index in [1.165, 1.54) is 12.5 Å². The molecule has 0 bridgehead atoms. The summed E-state index contributed by atoms with van der Waals surface area (Å²) in [4.78, 5) is 23.7. The van der Waals surface area contributed by atoms with Crippen LogP contribution in [0, 0.1) is 0 Å². The lowest BCUT2D eigenvalue weighted by Crippen LogP contribution is -2.36. The Hall–Kier alpha value is -2.04. The van der Waals surface area contributed by atoms with Gasteiger partial charge in [-0.05, 0) is 31.0 Å². The number of hydrogen-bond donors (Lipinski definition) is 3. The molecule has 5 nitrogen and oxygen atoms in total. The van der Waals surface area contributed by atoms with Crippen molar-refractivity contribution in [2.75, 3.05) is 12.8 Å². The molecule has 0 spiro atoms. The largest absolute Gasteiger partial charge is 0.398 e. The third-order valence-corrected chi connectivity index (χ3v) is 3.73. The molecule has 0 aromatic heterocycles. The van der Waals surface area contributed by atoms with Crippen LogP contribution in [0.2, 0.25) is 0 Å². The number of nitrogens with two attached hydrogens (primary N) is 1. The number of amides is 2. The monoisotopic (exact) mass is 275 g/mol. The van der Waals surface area contributed by atoms with Gasteiger partial charge < -0.3 is 16.4 Å². The van der Waals surface area contributed by atoms with Crippen LogP contribution in [0.25, 0.3) is 0 Å². The first-order valence-electron chi connectivity index (χ1n) is 7.04. The molecule has 1 aliphatic carbocycles. The van der Waals surface area contributed by atoms with E-state index in [0.29, 0.717) is 16.8 Å². The molecule has 0 unspecified atom stereocenters. The van der Waals surface area contributed by atoms with Crippen LogP contribution in [0.4, 0.5) is 5.69 Å². The van der Waals surface area contributed by atoms with E-state index in [2.05, 4.69) is 10.6 Å². The molecule has 4 N–H and O–H groups in total. The van der Waals surface area contributed by atoms with Crippen molar-refractivity contribution in [3.05, 3.63) is 29.3 Å². The van der Waals surface area contributed by atoms with Crippen LogP contribution in [0.15, 0.2) is 18.2 Å². The Balaban J connectivity index is 2.07. The van der Waals surface area contributed by atoms with E-state index in [0.717, 1.165) is 25.7 Å². The molecule has 0 saturated heterocycles. The van der Waals surface area contributed by atoms with Crippen molar-refractivity contribution in [2.45, 2.75) is 38.1 Å². The smallest absolute Gasteiger partial charge is 0.253 e. The summed E-state index contributed by atoms with van der Waals surface area (Å²) in [6, 6.07) is 5.01. The van der Waals surface area contributed by atoms with Gasteiger partial charge in [0.25, 0.3) is 11.8 Å². The Kier molecular flexibility index (Phi) is 4.61. The molecule has 0 radical (unpaired) electrons. The average molecular weight is 275 g/mol. The van der Waals surface area contributed by atoms with Gasteiger partial charge in [0, 0.05) is 24.3 Å². The molecular formula is C15H21N3O2. The van der Waals surface area contributed by atoms with Gasteiger partial charge in [-0.1, -0.05) is 19.3 Å². The van der Waals surface area contributed by atoms with Gasteiger partial charge in [0.1, 0.15) is 0 Å². The highest BCUT2D eigenvalue weighted by Gasteiger charge is 2.18. The van der Waals surface area contributed by atoms with Crippen molar-refractivity contribution in [1.82, 2.24) is 10.6 Å². The maximum atomic E-state index is 12.2. The second-order valence-corrected chi connectivity index (χ2v) is 5.19. The lowest BCUT2D eigenvalue weighted by molar-refractivity contribution is 0.0925. The summed E-state index contributed by atoms with van der Waals surface area (Å²) in [7, 11) is 1.56. The lowest BCUT2D eigenvalue weighted by Gasteiger charge is -2.23. The number of anilines is 1. The molecule has 20 heavy (non-hydrogen) atoms. The fourth-order valence-corrected chi connectivity index (χ4v) is 2.57. The molecule has 1 aliphatic rings. The van der Waals surface area contributed by atoms with E-state index in [1.807, 2.05) is 0 Å². The van der Waals surface area contributed by atoms with E-state index in [1.54, 1.807) is 19.2 Å². The molecule has 108 valence electrons. The summed E-state index contributed by atoms with van der Waals surface area (Å²) in [6.45, 7) is 0. The van der Waals surface area contributed by atoms with Gasteiger partial charge in [-0.2, -0.15) is 0 Å². The third-order valence-electron chi connectivity index (χ3n) is 3.73. The third kappa shape index (κ3) is 3.29. The van der Waals surface area contributed by atoms with Crippen LogP contribution in [0.5, 0.6) is 0 Å². The van der Waals surface area contributed by atoms with Crippen molar-refractivity contribution >= 4 is 17.5 Å². The minimum Gasteiger partial charge on any atom is -0.398 e. The number of carbonyl (C=O) groups excluding carboxylic acids is 2. The Bertz CT molecular complexity index is 508. The molecule has 5 heteroatoms. The molecule has 1 saturated carbocycles. The number of hydrogen-bond acceptors (Lipinski definition) is 3. The van der Waals surface area contributed by atoms with Crippen molar-refractivity contribution < 1.29 is 9.59 Å². The van der Waals surface area contributed by atoms with Crippen LogP contribution in [-0.4, -0.2) is 24.9 Å². The highest BCUT2D eigenvalue weighted by atomic mass is 16.2. The van der Waals surface area contributed by atoms with E-state index < -0.39 is 0 Å². The second kappa shape index (κ2) is 6.41. The van der Waals surface area contributed by atoms with Gasteiger partial charge in [0.2, 0.25) is 0 Å². The Morgan fingerprint density at radius 1 is 1.15 bits per heavy atom. The van der Waals surface area contributed by atoms with Crippen molar-refractivity contribution in [1.29, 1.82) is 0 Å². The SMILES string of the molecule is CNC(=O)c1ccc(C(=O)NC2CCCCC2)c(N)c1. The maximum absolute atomic E-state index is 12.2.